The van der Waals surface area contributed by atoms with Gasteiger partial charge in [-0.2, -0.15) is 4.98 Å². The molecule has 26 heavy (non-hydrogen) atoms. The highest BCUT2D eigenvalue weighted by Crippen LogP contribution is 2.47. The Morgan fingerprint density at radius 2 is 1.88 bits per heavy atom. The summed E-state index contributed by atoms with van der Waals surface area (Å²) in [6.45, 7) is 2.35. The maximum Gasteiger partial charge on any atom is 0.249 e. The SMILES string of the molecule is O=C(Nc1nc2cccc(C3CCC4(CCNCC4)CC3)n2n1)C1CC1. The van der Waals surface area contributed by atoms with Crippen LogP contribution in [0.5, 0.6) is 0 Å². The molecular weight excluding hydrogens is 326 g/mol. The van der Waals surface area contributed by atoms with E-state index in [1.807, 2.05) is 10.6 Å². The first-order valence-corrected chi connectivity index (χ1v) is 10.1. The van der Waals surface area contributed by atoms with Crippen LogP contribution in [0.2, 0.25) is 0 Å². The van der Waals surface area contributed by atoms with Crippen LogP contribution in [0, 0.1) is 11.3 Å². The van der Waals surface area contributed by atoms with Crippen molar-refractivity contribution in [3.8, 4) is 0 Å². The third-order valence-electron chi connectivity index (χ3n) is 6.70. The Morgan fingerprint density at radius 1 is 1.12 bits per heavy atom. The number of pyridine rings is 1. The van der Waals surface area contributed by atoms with Crippen molar-refractivity contribution in [2.45, 2.75) is 57.3 Å². The fraction of sp³-hybridized carbons (Fsp3) is 0.650. The predicted molar refractivity (Wildman–Crippen MR) is 100 cm³/mol. The Balaban J connectivity index is 1.35. The van der Waals surface area contributed by atoms with E-state index in [0.717, 1.165) is 18.5 Å². The number of rotatable bonds is 3. The lowest BCUT2D eigenvalue weighted by molar-refractivity contribution is -0.117. The molecule has 2 aliphatic carbocycles. The molecule has 2 aromatic rings. The van der Waals surface area contributed by atoms with E-state index < -0.39 is 0 Å². The van der Waals surface area contributed by atoms with Gasteiger partial charge in [-0.15, -0.1) is 5.10 Å². The third-order valence-corrected chi connectivity index (χ3v) is 6.70. The summed E-state index contributed by atoms with van der Waals surface area (Å²) in [6, 6.07) is 6.22. The molecule has 0 unspecified atom stereocenters. The van der Waals surface area contributed by atoms with Gasteiger partial charge in [-0.25, -0.2) is 4.52 Å². The number of carbonyl (C=O) groups excluding carboxylic acids is 1. The van der Waals surface area contributed by atoms with Gasteiger partial charge in [0.15, 0.2) is 5.65 Å². The smallest absolute Gasteiger partial charge is 0.249 e. The van der Waals surface area contributed by atoms with Gasteiger partial charge in [0.05, 0.1) is 0 Å². The quantitative estimate of drug-likeness (QED) is 0.889. The zero-order chi connectivity index (χ0) is 17.6. The monoisotopic (exact) mass is 353 g/mol. The number of carbonyl (C=O) groups is 1. The highest BCUT2D eigenvalue weighted by atomic mass is 16.2. The van der Waals surface area contributed by atoms with Gasteiger partial charge in [-0.1, -0.05) is 6.07 Å². The summed E-state index contributed by atoms with van der Waals surface area (Å²) in [6.07, 6.45) is 9.71. The molecule has 0 atom stereocenters. The van der Waals surface area contributed by atoms with Crippen LogP contribution in [0.3, 0.4) is 0 Å². The summed E-state index contributed by atoms with van der Waals surface area (Å²) in [5.41, 5.74) is 2.64. The van der Waals surface area contributed by atoms with Crippen molar-refractivity contribution >= 4 is 17.5 Å². The van der Waals surface area contributed by atoms with E-state index in [4.69, 9.17) is 0 Å². The zero-order valence-corrected chi connectivity index (χ0v) is 15.2. The molecule has 6 nitrogen and oxygen atoms in total. The maximum atomic E-state index is 12.0. The average Bonchev–Trinajstić information content (AvgIpc) is 3.43. The van der Waals surface area contributed by atoms with Crippen LogP contribution in [0.4, 0.5) is 5.95 Å². The number of piperidine rings is 1. The molecule has 0 radical (unpaired) electrons. The van der Waals surface area contributed by atoms with Crippen molar-refractivity contribution in [1.82, 2.24) is 19.9 Å². The van der Waals surface area contributed by atoms with E-state index in [1.54, 1.807) is 0 Å². The molecule has 6 heteroatoms. The van der Waals surface area contributed by atoms with Crippen LogP contribution in [-0.2, 0) is 4.79 Å². The molecule has 1 amide bonds. The Labute approximate surface area is 153 Å². The summed E-state index contributed by atoms with van der Waals surface area (Å²) >= 11 is 0. The molecule has 1 saturated heterocycles. The van der Waals surface area contributed by atoms with Crippen molar-refractivity contribution < 1.29 is 4.79 Å². The fourth-order valence-corrected chi connectivity index (χ4v) is 4.83. The van der Waals surface area contributed by atoms with Crippen molar-refractivity contribution in [2.24, 2.45) is 11.3 Å². The fourth-order valence-electron chi connectivity index (χ4n) is 4.83. The third kappa shape index (κ3) is 3.00. The first kappa shape index (κ1) is 16.2. The van der Waals surface area contributed by atoms with Gasteiger partial charge in [-0.3, -0.25) is 10.1 Å². The van der Waals surface area contributed by atoms with Crippen LogP contribution < -0.4 is 10.6 Å². The molecule has 5 rings (SSSR count). The van der Waals surface area contributed by atoms with Crippen LogP contribution in [0.15, 0.2) is 18.2 Å². The van der Waals surface area contributed by atoms with E-state index >= 15 is 0 Å². The topological polar surface area (TPSA) is 71.3 Å². The summed E-state index contributed by atoms with van der Waals surface area (Å²) < 4.78 is 1.95. The number of aromatic nitrogens is 3. The van der Waals surface area contributed by atoms with Gasteiger partial charge in [0.1, 0.15) is 0 Å². The molecule has 2 N–H and O–H groups in total. The molecule has 1 spiro atoms. The van der Waals surface area contributed by atoms with E-state index in [1.165, 1.54) is 57.3 Å². The number of hydrogen-bond acceptors (Lipinski definition) is 4. The molecule has 138 valence electrons. The van der Waals surface area contributed by atoms with Crippen molar-refractivity contribution in [3.05, 3.63) is 23.9 Å². The lowest BCUT2D eigenvalue weighted by Crippen LogP contribution is -2.39. The van der Waals surface area contributed by atoms with Gasteiger partial charge in [-0.05, 0) is 82.0 Å². The molecular formula is C20H27N5O. The van der Waals surface area contributed by atoms with Gasteiger partial charge in [0, 0.05) is 17.5 Å². The van der Waals surface area contributed by atoms with Gasteiger partial charge in [0.25, 0.3) is 0 Å². The zero-order valence-electron chi connectivity index (χ0n) is 15.2. The number of nitrogens with zero attached hydrogens (tertiary/aromatic N) is 3. The normalized spacial score (nSPS) is 23.4. The number of fused-ring (bicyclic) bond motifs is 1. The van der Waals surface area contributed by atoms with Crippen LogP contribution in [0.25, 0.3) is 5.65 Å². The predicted octanol–water partition coefficient (Wildman–Crippen LogP) is 3.11. The summed E-state index contributed by atoms with van der Waals surface area (Å²) in [5.74, 6) is 1.21. The molecule has 0 aromatic carbocycles. The summed E-state index contributed by atoms with van der Waals surface area (Å²) in [4.78, 5) is 16.5. The van der Waals surface area contributed by atoms with E-state index in [9.17, 15) is 4.79 Å². The minimum absolute atomic E-state index is 0.0629. The van der Waals surface area contributed by atoms with E-state index in [0.29, 0.717) is 17.3 Å². The summed E-state index contributed by atoms with van der Waals surface area (Å²) in [5, 5.41) is 11.0. The minimum atomic E-state index is 0.0629. The van der Waals surface area contributed by atoms with Crippen molar-refractivity contribution in [2.75, 3.05) is 18.4 Å². The second kappa shape index (κ2) is 6.34. The Morgan fingerprint density at radius 3 is 2.62 bits per heavy atom. The van der Waals surface area contributed by atoms with Gasteiger partial charge >= 0.3 is 0 Å². The van der Waals surface area contributed by atoms with Gasteiger partial charge in [0.2, 0.25) is 11.9 Å². The van der Waals surface area contributed by atoms with Crippen molar-refractivity contribution in [1.29, 1.82) is 0 Å². The van der Waals surface area contributed by atoms with E-state index in [2.05, 4.69) is 32.8 Å². The lowest BCUT2D eigenvalue weighted by Gasteiger charge is -2.43. The second-order valence-electron chi connectivity index (χ2n) is 8.44. The first-order valence-electron chi connectivity index (χ1n) is 10.1. The van der Waals surface area contributed by atoms with Crippen molar-refractivity contribution in [3.63, 3.8) is 0 Å². The van der Waals surface area contributed by atoms with Crippen LogP contribution >= 0.6 is 0 Å². The molecule has 1 aliphatic heterocycles. The molecule has 2 saturated carbocycles. The first-order chi connectivity index (χ1) is 12.7. The number of hydrogen-bond donors (Lipinski definition) is 2. The summed E-state index contributed by atoms with van der Waals surface area (Å²) in [7, 11) is 0. The van der Waals surface area contributed by atoms with Crippen LogP contribution in [-0.4, -0.2) is 33.6 Å². The molecule has 2 aromatic heterocycles. The minimum Gasteiger partial charge on any atom is -0.317 e. The molecule has 3 fully saturated rings. The largest absolute Gasteiger partial charge is 0.317 e. The maximum absolute atomic E-state index is 12.0. The van der Waals surface area contributed by atoms with Crippen LogP contribution in [0.1, 0.15) is 63.0 Å². The lowest BCUT2D eigenvalue weighted by atomic mass is 9.65. The standard InChI is InChI=1S/C20H27N5O/c26-18(15-4-5-15)23-19-22-17-3-1-2-16(25(17)24-19)14-6-8-20(9-7-14)10-12-21-13-11-20/h1-3,14-15,21H,4-13H2,(H,23,24,26). The highest BCUT2D eigenvalue weighted by Gasteiger charge is 2.37. The highest BCUT2D eigenvalue weighted by molar-refractivity contribution is 5.92. The molecule has 3 heterocycles. The second-order valence-corrected chi connectivity index (χ2v) is 8.44. The molecule has 0 bridgehead atoms. The van der Waals surface area contributed by atoms with Gasteiger partial charge < -0.3 is 5.32 Å². The Bertz CT molecular complexity index is 809. The Hall–Kier alpha value is -1.95. The Kier molecular flexibility index (Phi) is 3.96. The molecule has 3 aliphatic rings. The average molecular weight is 353 g/mol. The number of amides is 1. The number of nitrogens with one attached hydrogen (secondary N) is 2. The van der Waals surface area contributed by atoms with E-state index in [-0.39, 0.29) is 11.8 Å². The number of anilines is 1.